The smallest absolute Gasteiger partial charge is 0.266 e. The largest absolute Gasteiger partial charge is 0.365 e. The molecule has 0 bridgehead atoms. The molecule has 2 rings (SSSR count). The van der Waals surface area contributed by atoms with E-state index in [-0.39, 0.29) is 5.56 Å². The van der Waals surface area contributed by atoms with E-state index in [9.17, 15) is 4.79 Å². The Bertz CT molecular complexity index is 409. The maximum atomic E-state index is 11.3. The lowest BCUT2D eigenvalue weighted by molar-refractivity contribution is 0.718. The van der Waals surface area contributed by atoms with Crippen molar-refractivity contribution in [2.75, 3.05) is 11.1 Å². The van der Waals surface area contributed by atoms with Crippen molar-refractivity contribution in [3.8, 4) is 0 Å². The van der Waals surface area contributed by atoms with Gasteiger partial charge in [-0.1, -0.05) is 6.92 Å². The number of H-pyrrole nitrogens is 1. The molecule has 0 amide bonds. The number of anilines is 1. The summed E-state index contributed by atoms with van der Waals surface area (Å²) < 4.78 is 0.638. The summed E-state index contributed by atoms with van der Waals surface area (Å²) in [7, 11) is 0. The average molecular weight is 337 g/mol. The molecule has 1 aliphatic heterocycles. The summed E-state index contributed by atoms with van der Waals surface area (Å²) in [6, 6.07) is 0.429. The predicted molar refractivity (Wildman–Crippen MR) is 71.5 cm³/mol. The van der Waals surface area contributed by atoms with E-state index in [1.807, 2.05) is 34.4 Å². The van der Waals surface area contributed by atoms with Crippen LogP contribution in [0.4, 0.5) is 5.82 Å². The second-order valence-electron chi connectivity index (χ2n) is 3.51. The lowest BCUT2D eigenvalue weighted by atomic mass is 10.2. The minimum absolute atomic E-state index is 0.0774. The molecule has 4 nitrogen and oxygen atoms in total. The zero-order chi connectivity index (χ0) is 10.8. The molecule has 2 unspecified atom stereocenters. The highest BCUT2D eigenvalue weighted by Crippen LogP contribution is 2.28. The third kappa shape index (κ3) is 2.47. The van der Waals surface area contributed by atoms with E-state index < -0.39 is 0 Å². The van der Waals surface area contributed by atoms with Crippen molar-refractivity contribution in [1.29, 1.82) is 0 Å². The van der Waals surface area contributed by atoms with E-state index in [1.165, 1.54) is 12.1 Å². The number of aromatic nitrogens is 2. The van der Waals surface area contributed by atoms with Gasteiger partial charge in [0.1, 0.15) is 9.39 Å². The van der Waals surface area contributed by atoms with Crippen molar-refractivity contribution >= 4 is 40.2 Å². The van der Waals surface area contributed by atoms with Gasteiger partial charge in [0, 0.05) is 11.3 Å². The molecule has 1 aliphatic rings. The topological polar surface area (TPSA) is 57.8 Å². The van der Waals surface area contributed by atoms with Crippen LogP contribution < -0.4 is 10.9 Å². The number of aromatic amines is 1. The molecule has 2 heterocycles. The van der Waals surface area contributed by atoms with E-state index >= 15 is 0 Å². The highest BCUT2D eigenvalue weighted by molar-refractivity contribution is 14.1. The van der Waals surface area contributed by atoms with Gasteiger partial charge in [-0.2, -0.15) is 11.8 Å². The van der Waals surface area contributed by atoms with Crippen molar-refractivity contribution in [2.45, 2.75) is 24.6 Å². The van der Waals surface area contributed by atoms with Crippen molar-refractivity contribution in [3.05, 3.63) is 20.3 Å². The fraction of sp³-hybridized carbons (Fsp3) is 0.556. The van der Waals surface area contributed by atoms with Crippen LogP contribution in [0.25, 0.3) is 0 Å². The van der Waals surface area contributed by atoms with Crippen LogP contribution in [0.2, 0.25) is 0 Å². The molecule has 0 aromatic carbocycles. The SMILES string of the molecule is CC1SCCC1Nc1nc[nH]c(=O)c1I. The molecule has 2 N–H and O–H groups in total. The first kappa shape index (κ1) is 11.3. The zero-order valence-corrected chi connectivity index (χ0v) is 11.3. The first-order valence-electron chi connectivity index (χ1n) is 4.80. The van der Waals surface area contributed by atoms with E-state index in [4.69, 9.17) is 0 Å². The van der Waals surface area contributed by atoms with Gasteiger partial charge in [0.05, 0.1) is 6.33 Å². The molecular weight excluding hydrogens is 325 g/mol. The van der Waals surface area contributed by atoms with Crippen LogP contribution in [-0.4, -0.2) is 27.0 Å². The molecule has 1 saturated heterocycles. The molecule has 2 atom stereocenters. The monoisotopic (exact) mass is 337 g/mol. The highest BCUT2D eigenvalue weighted by atomic mass is 127. The first-order valence-corrected chi connectivity index (χ1v) is 6.92. The normalized spacial score (nSPS) is 25.5. The van der Waals surface area contributed by atoms with Crippen molar-refractivity contribution in [1.82, 2.24) is 9.97 Å². The van der Waals surface area contributed by atoms with Gasteiger partial charge in [-0.15, -0.1) is 0 Å². The number of hydrogen-bond acceptors (Lipinski definition) is 4. The number of hydrogen-bond donors (Lipinski definition) is 2. The summed E-state index contributed by atoms with van der Waals surface area (Å²) in [6.45, 7) is 2.20. The second-order valence-corrected chi connectivity index (χ2v) is 6.07. The Morgan fingerprint density at radius 3 is 3.20 bits per heavy atom. The standard InChI is InChI=1S/C9H12IN3OS/c1-5-6(2-3-15-5)13-8-7(10)9(14)12-4-11-8/h4-6H,2-3H2,1H3,(H2,11,12,13,14). The highest BCUT2D eigenvalue weighted by Gasteiger charge is 2.24. The molecule has 0 spiro atoms. The molecule has 1 aromatic rings. The van der Waals surface area contributed by atoms with Crippen LogP contribution in [0.15, 0.2) is 11.1 Å². The van der Waals surface area contributed by atoms with Crippen LogP contribution in [0.1, 0.15) is 13.3 Å². The van der Waals surface area contributed by atoms with Gasteiger partial charge in [-0.3, -0.25) is 4.79 Å². The molecule has 0 radical (unpaired) electrons. The van der Waals surface area contributed by atoms with Crippen molar-refractivity contribution < 1.29 is 0 Å². The number of nitrogens with zero attached hydrogens (tertiary/aromatic N) is 1. The van der Waals surface area contributed by atoms with E-state index in [0.29, 0.717) is 20.7 Å². The van der Waals surface area contributed by atoms with E-state index in [2.05, 4.69) is 22.2 Å². The maximum absolute atomic E-state index is 11.3. The van der Waals surface area contributed by atoms with Crippen LogP contribution in [0.5, 0.6) is 0 Å². The second kappa shape index (κ2) is 4.73. The quantitative estimate of drug-likeness (QED) is 0.807. The van der Waals surface area contributed by atoms with Gasteiger partial charge < -0.3 is 10.3 Å². The molecule has 1 fully saturated rings. The average Bonchev–Trinajstić information content (AvgIpc) is 2.60. The lowest BCUT2D eigenvalue weighted by Gasteiger charge is -2.17. The zero-order valence-electron chi connectivity index (χ0n) is 8.29. The summed E-state index contributed by atoms with van der Waals surface area (Å²) >= 11 is 3.98. The van der Waals surface area contributed by atoms with Crippen molar-refractivity contribution in [2.24, 2.45) is 0 Å². The number of thioether (sulfide) groups is 1. The van der Waals surface area contributed by atoms with E-state index in [1.54, 1.807) is 0 Å². The van der Waals surface area contributed by atoms with Gasteiger partial charge in [0.25, 0.3) is 5.56 Å². The summed E-state index contributed by atoms with van der Waals surface area (Å²) in [6.07, 6.45) is 2.58. The fourth-order valence-electron chi connectivity index (χ4n) is 1.58. The summed E-state index contributed by atoms with van der Waals surface area (Å²) in [5.41, 5.74) is -0.0774. The molecule has 0 saturated carbocycles. The summed E-state index contributed by atoms with van der Waals surface area (Å²) in [5, 5.41) is 3.93. The number of halogens is 1. The predicted octanol–water partition coefficient (Wildman–Crippen LogP) is 1.68. The third-order valence-corrected chi connectivity index (χ3v) is 4.82. The van der Waals surface area contributed by atoms with Gasteiger partial charge in [-0.05, 0) is 34.8 Å². The molecule has 82 valence electrons. The van der Waals surface area contributed by atoms with Crippen LogP contribution >= 0.6 is 34.4 Å². The minimum Gasteiger partial charge on any atom is -0.365 e. The Labute approximate surface area is 106 Å². The Morgan fingerprint density at radius 2 is 2.53 bits per heavy atom. The summed E-state index contributed by atoms with van der Waals surface area (Å²) in [5.74, 6) is 1.89. The van der Waals surface area contributed by atoms with Crippen LogP contribution in [0, 0.1) is 3.57 Å². The number of nitrogens with one attached hydrogen (secondary N) is 2. The Hall–Kier alpha value is -0.240. The maximum Gasteiger partial charge on any atom is 0.266 e. The van der Waals surface area contributed by atoms with Crippen molar-refractivity contribution in [3.63, 3.8) is 0 Å². The molecule has 0 aliphatic carbocycles. The fourth-order valence-corrected chi connectivity index (χ4v) is 3.23. The molecule has 1 aromatic heterocycles. The summed E-state index contributed by atoms with van der Waals surface area (Å²) in [4.78, 5) is 18.1. The van der Waals surface area contributed by atoms with Gasteiger partial charge in [-0.25, -0.2) is 4.98 Å². The Morgan fingerprint density at radius 1 is 1.73 bits per heavy atom. The van der Waals surface area contributed by atoms with Gasteiger partial charge >= 0.3 is 0 Å². The van der Waals surface area contributed by atoms with Gasteiger partial charge in [0.2, 0.25) is 0 Å². The van der Waals surface area contributed by atoms with Crippen LogP contribution in [0.3, 0.4) is 0 Å². The molecule has 6 heteroatoms. The molecular formula is C9H12IN3OS. The Kier molecular flexibility index (Phi) is 3.55. The lowest BCUT2D eigenvalue weighted by Crippen LogP contribution is -2.27. The van der Waals surface area contributed by atoms with E-state index in [0.717, 1.165) is 6.42 Å². The first-order chi connectivity index (χ1) is 7.18. The third-order valence-electron chi connectivity index (χ3n) is 2.49. The van der Waals surface area contributed by atoms with Gasteiger partial charge in [0.15, 0.2) is 0 Å². The Balaban J connectivity index is 2.17. The number of rotatable bonds is 2. The molecule has 15 heavy (non-hydrogen) atoms. The van der Waals surface area contributed by atoms with Crippen LogP contribution in [-0.2, 0) is 0 Å². The minimum atomic E-state index is -0.0774.